The van der Waals surface area contributed by atoms with E-state index in [1.165, 1.54) is 7.11 Å². The number of carbonyl (C=O) groups is 1. The van der Waals surface area contributed by atoms with Gasteiger partial charge in [-0.25, -0.2) is 4.79 Å². The summed E-state index contributed by atoms with van der Waals surface area (Å²) in [5.41, 5.74) is 1.49. The van der Waals surface area contributed by atoms with Crippen LogP contribution < -0.4 is 0 Å². The number of benzene rings is 2. The highest BCUT2D eigenvalue weighted by Crippen LogP contribution is 2.38. The first kappa shape index (κ1) is 12.9. The van der Waals surface area contributed by atoms with Crippen LogP contribution in [0.5, 0.6) is 0 Å². The highest BCUT2D eigenvalue weighted by molar-refractivity contribution is 5.86. The fraction of sp³-hybridized carbons (Fsp3) is 0.235. The maximum Gasteiger partial charge on any atom is 0.347 e. The van der Waals surface area contributed by atoms with Gasteiger partial charge in [0.2, 0.25) is 5.60 Å². The van der Waals surface area contributed by atoms with E-state index in [9.17, 15) is 9.90 Å². The van der Waals surface area contributed by atoms with Crippen molar-refractivity contribution in [1.29, 1.82) is 0 Å². The molecule has 0 fully saturated rings. The van der Waals surface area contributed by atoms with Crippen molar-refractivity contribution in [2.45, 2.75) is 18.4 Å². The van der Waals surface area contributed by atoms with Crippen molar-refractivity contribution in [2.24, 2.45) is 0 Å². The summed E-state index contributed by atoms with van der Waals surface area (Å²) in [6.07, 6.45) is 1.60. The van der Waals surface area contributed by atoms with Gasteiger partial charge in [0.25, 0.3) is 0 Å². The van der Waals surface area contributed by atoms with E-state index in [0.29, 0.717) is 11.1 Å². The van der Waals surface area contributed by atoms with Gasteiger partial charge in [-0.2, -0.15) is 0 Å². The highest BCUT2D eigenvalue weighted by Gasteiger charge is 2.45. The number of aryl methyl sites for hydroxylation is 2. The Kier molecular flexibility index (Phi) is 3.07. The molecule has 0 aromatic heterocycles. The molecule has 102 valence electrons. The van der Waals surface area contributed by atoms with Crippen LogP contribution in [0, 0.1) is 0 Å². The number of fused-ring (bicyclic) bond motifs is 2. The lowest BCUT2D eigenvalue weighted by atomic mass is 9.83. The largest absolute Gasteiger partial charge is 0.466 e. The van der Waals surface area contributed by atoms with Crippen molar-refractivity contribution in [3.63, 3.8) is 0 Å². The van der Waals surface area contributed by atoms with E-state index in [2.05, 4.69) is 0 Å². The molecule has 0 saturated heterocycles. The summed E-state index contributed by atoms with van der Waals surface area (Å²) in [5, 5.41) is 11.1. The van der Waals surface area contributed by atoms with Crippen LogP contribution >= 0.6 is 0 Å². The quantitative estimate of drug-likeness (QED) is 0.806. The van der Waals surface area contributed by atoms with Crippen LogP contribution in [-0.2, 0) is 28.0 Å². The summed E-state index contributed by atoms with van der Waals surface area (Å²) in [6, 6.07) is 15.0. The average molecular weight is 268 g/mol. The van der Waals surface area contributed by atoms with Gasteiger partial charge in [-0.05, 0) is 24.0 Å². The van der Waals surface area contributed by atoms with Gasteiger partial charge in [0.1, 0.15) is 0 Å². The fourth-order valence-electron chi connectivity index (χ4n) is 2.96. The first-order valence-electron chi connectivity index (χ1n) is 6.65. The Morgan fingerprint density at radius 2 is 1.45 bits per heavy atom. The van der Waals surface area contributed by atoms with E-state index in [1.54, 1.807) is 12.1 Å². The van der Waals surface area contributed by atoms with Crippen LogP contribution in [0.1, 0.15) is 22.3 Å². The van der Waals surface area contributed by atoms with Crippen LogP contribution in [0.25, 0.3) is 0 Å². The van der Waals surface area contributed by atoms with Crippen molar-refractivity contribution < 1.29 is 14.6 Å². The van der Waals surface area contributed by atoms with Crippen molar-refractivity contribution in [3.05, 3.63) is 70.8 Å². The average Bonchev–Trinajstić information content (AvgIpc) is 2.64. The van der Waals surface area contributed by atoms with Gasteiger partial charge < -0.3 is 9.84 Å². The Balaban J connectivity index is 2.33. The molecule has 1 aliphatic rings. The zero-order valence-corrected chi connectivity index (χ0v) is 11.3. The topological polar surface area (TPSA) is 46.5 Å². The maximum absolute atomic E-state index is 12.3. The first-order valence-corrected chi connectivity index (χ1v) is 6.65. The van der Waals surface area contributed by atoms with Gasteiger partial charge in [0.15, 0.2) is 0 Å². The van der Waals surface area contributed by atoms with E-state index < -0.39 is 11.6 Å². The van der Waals surface area contributed by atoms with Gasteiger partial charge in [-0.3, -0.25) is 0 Å². The van der Waals surface area contributed by atoms with Crippen LogP contribution in [0.2, 0.25) is 0 Å². The van der Waals surface area contributed by atoms with Crippen molar-refractivity contribution in [3.8, 4) is 0 Å². The second-order valence-electron chi connectivity index (χ2n) is 5.02. The molecule has 2 aromatic rings. The molecule has 3 nitrogen and oxygen atoms in total. The summed E-state index contributed by atoms with van der Waals surface area (Å²) in [5.74, 6) is -0.640. The molecule has 1 N–H and O–H groups in total. The molecule has 0 atom stereocenters. The van der Waals surface area contributed by atoms with Gasteiger partial charge in [-0.1, -0.05) is 48.5 Å². The molecular weight excluding hydrogens is 252 g/mol. The van der Waals surface area contributed by atoms with E-state index in [4.69, 9.17) is 4.74 Å². The number of ether oxygens (including phenoxy) is 1. The number of esters is 1. The maximum atomic E-state index is 12.3. The van der Waals surface area contributed by atoms with Gasteiger partial charge in [-0.15, -0.1) is 0 Å². The second kappa shape index (κ2) is 4.76. The van der Waals surface area contributed by atoms with E-state index in [1.807, 2.05) is 36.4 Å². The summed E-state index contributed by atoms with van der Waals surface area (Å²) < 4.78 is 4.87. The Hall–Kier alpha value is -2.13. The summed E-state index contributed by atoms with van der Waals surface area (Å²) in [6.45, 7) is 0. The molecule has 0 spiro atoms. The lowest BCUT2D eigenvalue weighted by molar-refractivity contribution is -0.159. The van der Waals surface area contributed by atoms with Crippen LogP contribution in [0.4, 0.5) is 0 Å². The Morgan fingerprint density at radius 3 is 1.90 bits per heavy atom. The Bertz CT molecular complexity index is 613. The Labute approximate surface area is 117 Å². The fourth-order valence-corrected chi connectivity index (χ4v) is 2.96. The third-order valence-corrected chi connectivity index (χ3v) is 3.96. The zero-order valence-electron chi connectivity index (χ0n) is 11.3. The second-order valence-corrected chi connectivity index (χ2v) is 5.02. The number of carbonyl (C=O) groups excluding carboxylic acids is 1. The van der Waals surface area contributed by atoms with Crippen molar-refractivity contribution in [2.75, 3.05) is 7.11 Å². The van der Waals surface area contributed by atoms with Crippen LogP contribution in [0.15, 0.2) is 48.5 Å². The molecular formula is C17H16O3. The molecule has 0 heterocycles. The monoisotopic (exact) mass is 268 g/mol. The third-order valence-electron chi connectivity index (χ3n) is 3.96. The molecule has 0 radical (unpaired) electrons. The Morgan fingerprint density at radius 1 is 1.00 bits per heavy atom. The summed E-state index contributed by atoms with van der Waals surface area (Å²) in [7, 11) is 1.30. The molecule has 20 heavy (non-hydrogen) atoms. The number of rotatable bonds is 1. The number of hydrogen-bond donors (Lipinski definition) is 1. The minimum Gasteiger partial charge on any atom is -0.466 e. The predicted octanol–water partition coefficient (Wildman–Crippen LogP) is 2.19. The smallest absolute Gasteiger partial charge is 0.347 e. The van der Waals surface area contributed by atoms with Gasteiger partial charge in [0.05, 0.1) is 7.11 Å². The van der Waals surface area contributed by atoms with E-state index >= 15 is 0 Å². The molecule has 2 aromatic carbocycles. The molecule has 0 amide bonds. The number of methoxy groups -OCH3 is 1. The zero-order chi connectivity index (χ0) is 14.2. The normalized spacial score (nSPS) is 15.7. The summed E-state index contributed by atoms with van der Waals surface area (Å²) >= 11 is 0. The molecule has 0 unspecified atom stereocenters. The highest BCUT2D eigenvalue weighted by atomic mass is 16.5. The molecule has 0 aliphatic heterocycles. The molecule has 1 aliphatic carbocycles. The van der Waals surface area contributed by atoms with E-state index in [-0.39, 0.29) is 0 Å². The molecule has 0 saturated carbocycles. The SMILES string of the molecule is COC(=O)C1(O)c2ccccc2CCc2ccccc21. The minimum atomic E-state index is -1.72. The van der Waals surface area contributed by atoms with Crippen molar-refractivity contribution in [1.82, 2.24) is 0 Å². The minimum absolute atomic E-state index is 0.622. The van der Waals surface area contributed by atoms with Gasteiger partial charge >= 0.3 is 5.97 Å². The lowest BCUT2D eigenvalue weighted by Crippen LogP contribution is -2.38. The molecule has 3 rings (SSSR count). The third kappa shape index (κ3) is 1.74. The van der Waals surface area contributed by atoms with Gasteiger partial charge in [0, 0.05) is 11.1 Å². The first-order chi connectivity index (χ1) is 9.67. The summed E-state index contributed by atoms with van der Waals surface area (Å²) in [4.78, 5) is 12.3. The van der Waals surface area contributed by atoms with Crippen LogP contribution in [0.3, 0.4) is 0 Å². The number of hydrogen-bond acceptors (Lipinski definition) is 3. The lowest BCUT2D eigenvalue weighted by Gasteiger charge is -2.27. The standard InChI is InChI=1S/C17H16O3/c1-20-16(18)17(19)14-8-4-2-6-12(14)10-11-13-7-3-5-9-15(13)17/h2-9,19H,10-11H2,1H3. The van der Waals surface area contributed by atoms with Crippen LogP contribution in [-0.4, -0.2) is 18.2 Å². The predicted molar refractivity (Wildman–Crippen MR) is 75.3 cm³/mol. The number of aliphatic hydroxyl groups is 1. The van der Waals surface area contributed by atoms with E-state index in [0.717, 1.165) is 24.0 Å². The molecule has 3 heteroatoms. The van der Waals surface area contributed by atoms with Crippen molar-refractivity contribution >= 4 is 5.97 Å². The molecule has 0 bridgehead atoms.